The molecule has 1 fully saturated rings. The van der Waals surface area contributed by atoms with Gasteiger partial charge in [0.1, 0.15) is 11.2 Å². The van der Waals surface area contributed by atoms with Crippen molar-refractivity contribution in [1.82, 2.24) is 9.97 Å². The van der Waals surface area contributed by atoms with Crippen molar-refractivity contribution in [2.24, 2.45) is 0 Å². The summed E-state index contributed by atoms with van der Waals surface area (Å²) in [6.45, 7) is 0. The molecule has 0 spiro atoms. The number of furan rings is 1. The number of rotatable bonds is 2. The molecule has 2 unspecified atom stereocenters. The van der Waals surface area contributed by atoms with E-state index < -0.39 is 0 Å². The highest BCUT2D eigenvalue weighted by Crippen LogP contribution is 2.64. The Morgan fingerprint density at radius 3 is 2.31 bits per heavy atom. The minimum atomic E-state index is 0.275. The van der Waals surface area contributed by atoms with Crippen molar-refractivity contribution in [2.75, 3.05) is 0 Å². The summed E-state index contributed by atoms with van der Waals surface area (Å²) in [5.74, 6) is 0.841. The van der Waals surface area contributed by atoms with Gasteiger partial charge in [0.15, 0.2) is 0 Å². The molecule has 0 bridgehead atoms. The largest absolute Gasteiger partial charge is 0.456 e. The molecule has 3 aromatic heterocycles. The first-order valence-corrected chi connectivity index (χ1v) is 15.4. The first-order chi connectivity index (χ1) is 20.7. The molecule has 5 heteroatoms. The zero-order valence-corrected chi connectivity index (χ0v) is 23.8. The molecule has 2 atom stereocenters. The van der Waals surface area contributed by atoms with Gasteiger partial charge in [0, 0.05) is 47.6 Å². The Bertz CT molecular complexity index is 2440. The van der Waals surface area contributed by atoms with Crippen LogP contribution in [-0.4, -0.2) is 9.97 Å². The van der Waals surface area contributed by atoms with Crippen molar-refractivity contribution in [1.29, 1.82) is 0 Å². The van der Waals surface area contributed by atoms with E-state index in [1.165, 1.54) is 48.0 Å². The highest BCUT2D eigenvalue weighted by atomic mass is 35.5. The monoisotopic (exact) mass is 576 g/mol. The Hall–Kier alpha value is -4.51. The summed E-state index contributed by atoms with van der Waals surface area (Å²) < 4.78 is 8.87. The van der Waals surface area contributed by atoms with Crippen LogP contribution in [0.15, 0.2) is 108 Å². The Morgan fingerprint density at radius 2 is 1.38 bits per heavy atom. The van der Waals surface area contributed by atoms with E-state index >= 15 is 0 Å². The number of hydrogen-bond donors (Lipinski definition) is 0. The van der Waals surface area contributed by atoms with E-state index in [9.17, 15) is 0 Å². The van der Waals surface area contributed by atoms with Crippen molar-refractivity contribution in [2.45, 2.75) is 18.3 Å². The van der Waals surface area contributed by atoms with Gasteiger partial charge in [0.25, 0.3) is 0 Å². The van der Waals surface area contributed by atoms with Gasteiger partial charge in [-0.1, -0.05) is 72.8 Å². The molecule has 198 valence electrons. The lowest BCUT2D eigenvalue weighted by Crippen LogP contribution is -2.06. The SMILES string of the molecule is Clc1nc2c(c(-c3cccc4oc5ccccc5c34)n1)C1CC1c1cc(-c3ccc4sc5ccccc5c4c3)ccc1-2. The Kier molecular flexibility index (Phi) is 4.55. The molecule has 0 N–H and O–H groups in total. The third kappa shape index (κ3) is 3.17. The summed E-state index contributed by atoms with van der Waals surface area (Å²) >= 11 is 8.54. The smallest absolute Gasteiger partial charge is 0.223 e. The zero-order valence-electron chi connectivity index (χ0n) is 22.3. The number of aromatic nitrogens is 2. The van der Waals surface area contributed by atoms with Gasteiger partial charge in [-0.3, -0.25) is 0 Å². The second-order valence-electron chi connectivity index (χ2n) is 11.4. The average molecular weight is 577 g/mol. The molecular formula is C37H21ClN2OS. The predicted molar refractivity (Wildman–Crippen MR) is 174 cm³/mol. The van der Waals surface area contributed by atoms with Gasteiger partial charge in [0.05, 0.1) is 11.4 Å². The van der Waals surface area contributed by atoms with Gasteiger partial charge in [-0.05, 0) is 76.9 Å². The lowest BCUT2D eigenvalue weighted by Gasteiger charge is -2.22. The quantitative estimate of drug-likeness (QED) is 0.192. The molecule has 3 nitrogen and oxygen atoms in total. The Labute approximate surface area is 250 Å². The van der Waals surface area contributed by atoms with Crippen molar-refractivity contribution >= 4 is 65.0 Å². The topological polar surface area (TPSA) is 38.9 Å². The van der Waals surface area contributed by atoms with Gasteiger partial charge in [-0.25, -0.2) is 9.97 Å². The molecule has 0 aliphatic heterocycles. The number of hydrogen-bond acceptors (Lipinski definition) is 4. The Balaban J connectivity index is 1.16. The van der Waals surface area contributed by atoms with Crippen LogP contribution in [0.1, 0.15) is 29.4 Å². The van der Waals surface area contributed by atoms with E-state index in [0.717, 1.165) is 45.3 Å². The van der Waals surface area contributed by atoms with E-state index in [1.54, 1.807) is 0 Å². The van der Waals surface area contributed by atoms with Crippen LogP contribution in [0.5, 0.6) is 0 Å². The average Bonchev–Trinajstić information content (AvgIpc) is 3.61. The maximum absolute atomic E-state index is 6.68. The highest BCUT2D eigenvalue weighted by Gasteiger charge is 2.48. The normalized spacial score (nSPS) is 17.1. The maximum atomic E-state index is 6.68. The molecule has 0 amide bonds. The van der Waals surface area contributed by atoms with E-state index in [-0.39, 0.29) is 5.28 Å². The third-order valence-electron chi connectivity index (χ3n) is 9.15. The number of nitrogens with zero attached hydrogens (tertiary/aromatic N) is 2. The number of thiophene rings is 1. The number of fused-ring (bicyclic) bond motifs is 12. The molecule has 0 saturated heterocycles. The van der Waals surface area contributed by atoms with Crippen LogP contribution in [0.25, 0.3) is 75.8 Å². The van der Waals surface area contributed by atoms with Crippen molar-refractivity contribution < 1.29 is 4.42 Å². The minimum Gasteiger partial charge on any atom is -0.456 e. The molecule has 1 saturated carbocycles. The van der Waals surface area contributed by atoms with Crippen molar-refractivity contribution in [3.8, 4) is 33.6 Å². The molecular weight excluding hydrogens is 556 g/mol. The predicted octanol–water partition coefficient (Wildman–Crippen LogP) is 11.0. The van der Waals surface area contributed by atoms with Gasteiger partial charge >= 0.3 is 0 Å². The molecule has 8 aromatic rings. The summed E-state index contributed by atoms with van der Waals surface area (Å²) in [6.07, 6.45) is 1.09. The fourth-order valence-corrected chi connectivity index (χ4v) is 8.46. The zero-order chi connectivity index (χ0) is 27.5. The third-order valence-corrected chi connectivity index (χ3v) is 10.5. The Morgan fingerprint density at radius 1 is 0.643 bits per heavy atom. The van der Waals surface area contributed by atoms with E-state index in [4.69, 9.17) is 26.0 Å². The maximum Gasteiger partial charge on any atom is 0.223 e. The second-order valence-corrected chi connectivity index (χ2v) is 12.9. The molecule has 2 aliphatic rings. The van der Waals surface area contributed by atoms with Gasteiger partial charge in [-0.15, -0.1) is 11.3 Å². The van der Waals surface area contributed by atoms with Crippen molar-refractivity contribution in [3.05, 3.63) is 120 Å². The molecule has 2 aliphatic carbocycles. The summed E-state index contributed by atoms with van der Waals surface area (Å²) in [4.78, 5) is 9.72. The van der Waals surface area contributed by atoms with Gasteiger partial charge < -0.3 is 4.42 Å². The molecule has 42 heavy (non-hydrogen) atoms. The minimum absolute atomic E-state index is 0.275. The summed E-state index contributed by atoms with van der Waals surface area (Å²) in [7, 11) is 0. The highest BCUT2D eigenvalue weighted by molar-refractivity contribution is 7.25. The van der Waals surface area contributed by atoms with E-state index in [1.807, 2.05) is 35.6 Å². The number of halogens is 1. The molecule has 0 radical (unpaired) electrons. The van der Waals surface area contributed by atoms with Crippen LogP contribution in [0.2, 0.25) is 5.28 Å². The first-order valence-electron chi connectivity index (χ1n) is 14.3. The van der Waals surface area contributed by atoms with Gasteiger partial charge in [0.2, 0.25) is 5.28 Å². The standard InChI is InChI=1S/C37H21ClN2OS/c38-37-39-35-22-14-12-19(20-13-15-32-27(17-20)21-6-2-4-11-31(21)42-32)16-25(22)26-18-28(26)34(35)36(40-37)24-8-5-10-30-33(24)23-7-1-3-9-29(23)41-30/h1-17,26,28H,18H2. The first kappa shape index (κ1) is 23.1. The molecule has 3 heterocycles. The van der Waals surface area contributed by atoms with Crippen molar-refractivity contribution in [3.63, 3.8) is 0 Å². The van der Waals surface area contributed by atoms with Crippen LogP contribution in [0.4, 0.5) is 0 Å². The van der Waals surface area contributed by atoms with Crippen LogP contribution in [-0.2, 0) is 0 Å². The summed E-state index contributed by atoms with van der Waals surface area (Å²) in [6, 6.07) is 36.8. The van der Waals surface area contributed by atoms with Crippen LogP contribution < -0.4 is 0 Å². The molecule has 10 rings (SSSR count). The van der Waals surface area contributed by atoms with E-state index in [2.05, 4.69) is 78.9 Å². The fraction of sp³-hybridized carbons (Fsp3) is 0.0811. The lowest BCUT2D eigenvalue weighted by atomic mass is 9.85. The number of para-hydroxylation sites is 1. The summed E-state index contributed by atoms with van der Waals surface area (Å²) in [5.41, 5.74) is 10.9. The molecule has 5 aromatic carbocycles. The van der Waals surface area contributed by atoms with Gasteiger partial charge in [-0.2, -0.15) is 0 Å². The number of benzene rings is 5. The van der Waals surface area contributed by atoms with Crippen LogP contribution in [0, 0.1) is 0 Å². The van der Waals surface area contributed by atoms with E-state index in [0.29, 0.717) is 11.8 Å². The summed E-state index contributed by atoms with van der Waals surface area (Å²) in [5, 5.41) is 5.10. The van der Waals surface area contributed by atoms with Crippen LogP contribution >= 0.6 is 22.9 Å². The lowest BCUT2D eigenvalue weighted by molar-refractivity contribution is 0.669. The second kappa shape index (κ2) is 8.28. The van der Waals surface area contributed by atoms with Crippen LogP contribution in [0.3, 0.4) is 0 Å². The fourth-order valence-electron chi connectivity index (χ4n) is 7.20.